The summed E-state index contributed by atoms with van der Waals surface area (Å²) in [5.41, 5.74) is 2.31. The van der Waals surface area contributed by atoms with Gasteiger partial charge in [0, 0.05) is 23.1 Å². The number of amides is 2. The molecule has 0 radical (unpaired) electrons. The van der Waals surface area contributed by atoms with Crippen LogP contribution in [0.25, 0.3) is 11.0 Å². The summed E-state index contributed by atoms with van der Waals surface area (Å²) in [5.74, 6) is 0.619. The quantitative estimate of drug-likeness (QED) is 0.606. The minimum absolute atomic E-state index is 0.102. The molecule has 1 N–H and O–H groups in total. The van der Waals surface area contributed by atoms with Crippen LogP contribution in [0.4, 0.5) is 0 Å². The third-order valence-electron chi connectivity index (χ3n) is 5.53. The Bertz CT molecular complexity index is 1050. The van der Waals surface area contributed by atoms with Crippen LogP contribution in [0.5, 0.6) is 0 Å². The number of hydrogen-bond donors (Lipinski definition) is 1. The van der Waals surface area contributed by atoms with Gasteiger partial charge in [0.25, 0.3) is 5.91 Å². The van der Waals surface area contributed by atoms with E-state index in [2.05, 4.69) is 21.2 Å². The van der Waals surface area contributed by atoms with Gasteiger partial charge >= 0.3 is 0 Å². The van der Waals surface area contributed by atoms with E-state index in [1.165, 1.54) is 6.42 Å². The fourth-order valence-electron chi connectivity index (χ4n) is 3.92. The molecule has 1 fully saturated rings. The van der Waals surface area contributed by atoms with Crippen molar-refractivity contribution in [1.29, 1.82) is 0 Å². The van der Waals surface area contributed by atoms with Crippen molar-refractivity contribution in [2.24, 2.45) is 0 Å². The van der Waals surface area contributed by atoms with Gasteiger partial charge in [0.15, 0.2) is 0 Å². The molecule has 1 aromatic heterocycles. The summed E-state index contributed by atoms with van der Waals surface area (Å²) in [6.07, 6.45) is 3.30. The van der Waals surface area contributed by atoms with Crippen LogP contribution < -0.4 is 5.32 Å². The first-order chi connectivity index (χ1) is 14.5. The Labute approximate surface area is 184 Å². The second-order valence-electron chi connectivity index (χ2n) is 7.69. The molecular formula is C23H25BrN4O2. The highest BCUT2D eigenvalue weighted by Crippen LogP contribution is 2.22. The summed E-state index contributed by atoms with van der Waals surface area (Å²) in [5, 5.41) is 3.02. The normalized spacial score (nSPS) is 15.2. The summed E-state index contributed by atoms with van der Waals surface area (Å²) in [7, 11) is 0. The van der Waals surface area contributed by atoms with Crippen LogP contribution in [0, 0.1) is 0 Å². The molecule has 2 amide bonds. The van der Waals surface area contributed by atoms with Crippen molar-refractivity contribution in [1.82, 2.24) is 19.8 Å². The lowest BCUT2D eigenvalue weighted by molar-refractivity contribution is -0.132. The van der Waals surface area contributed by atoms with Crippen LogP contribution in [-0.4, -0.2) is 39.4 Å². The van der Waals surface area contributed by atoms with Gasteiger partial charge in [-0.3, -0.25) is 9.59 Å². The van der Waals surface area contributed by atoms with Gasteiger partial charge in [0.05, 0.1) is 17.1 Å². The monoisotopic (exact) mass is 468 g/mol. The fourth-order valence-corrected chi connectivity index (χ4v) is 4.18. The molecule has 7 heteroatoms. The largest absolute Gasteiger partial charge is 0.342 e. The maximum absolute atomic E-state index is 12.9. The molecule has 1 aliphatic heterocycles. The molecule has 0 saturated carbocycles. The maximum atomic E-state index is 12.9. The van der Waals surface area contributed by atoms with Gasteiger partial charge in [-0.25, -0.2) is 4.98 Å². The number of halogens is 1. The van der Waals surface area contributed by atoms with Crippen molar-refractivity contribution in [3.8, 4) is 0 Å². The number of fused-ring (bicyclic) bond motifs is 1. The molecule has 156 valence electrons. The molecule has 3 aromatic rings. The Morgan fingerprint density at radius 1 is 1.07 bits per heavy atom. The molecule has 1 unspecified atom stereocenters. The number of likely N-dealkylation sites (tertiary alicyclic amines) is 1. The molecule has 4 rings (SSSR count). The summed E-state index contributed by atoms with van der Waals surface area (Å²) in [6.45, 7) is 3.77. The molecule has 1 saturated heterocycles. The van der Waals surface area contributed by atoms with E-state index in [9.17, 15) is 9.59 Å². The Hall–Kier alpha value is -2.67. The van der Waals surface area contributed by atoms with Crippen LogP contribution in [0.15, 0.2) is 53.0 Å². The van der Waals surface area contributed by atoms with E-state index in [4.69, 9.17) is 4.98 Å². The predicted octanol–water partition coefficient (Wildman–Crippen LogP) is 4.30. The smallest absolute Gasteiger partial charge is 0.251 e. The second kappa shape index (κ2) is 9.00. The summed E-state index contributed by atoms with van der Waals surface area (Å²) >= 11 is 3.39. The molecule has 1 atom stereocenters. The Balaban J connectivity index is 1.59. The zero-order valence-electron chi connectivity index (χ0n) is 17.0. The van der Waals surface area contributed by atoms with E-state index in [0.29, 0.717) is 11.4 Å². The van der Waals surface area contributed by atoms with Crippen LogP contribution >= 0.6 is 15.9 Å². The standard InChI is InChI=1S/C23H25BrN4O2/c1-16(25-23(30)17-9-11-18(24)12-10-17)22-26-19-7-3-4-8-20(19)28(22)15-21(29)27-13-5-2-6-14-27/h3-4,7-12,16H,2,5-6,13-15H2,1H3,(H,25,30). The summed E-state index contributed by atoms with van der Waals surface area (Å²) in [6, 6.07) is 14.7. The summed E-state index contributed by atoms with van der Waals surface area (Å²) < 4.78 is 2.86. The fraction of sp³-hybridized carbons (Fsp3) is 0.348. The van der Waals surface area contributed by atoms with Gasteiger partial charge in [-0.1, -0.05) is 28.1 Å². The minimum Gasteiger partial charge on any atom is -0.342 e. The molecule has 2 heterocycles. The topological polar surface area (TPSA) is 67.2 Å². The van der Waals surface area contributed by atoms with E-state index >= 15 is 0 Å². The van der Waals surface area contributed by atoms with E-state index in [-0.39, 0.29) is 24.4 Å². The molecule has 1 aliphatic rings. The van der Waals surface area contributed by atoms with Crippen molar-refractivity contribution < 1.29 is 9.59 Å². The van der Waals surface area contributed by atoms with Crippen molar-refractivity contribution >= 4 is 38.8 Å². The van der Waals surface area contributed by atoms with E-state index in [1.54, 1.807) is 12.1 Å². The van der Waals surface area contributed by atoms with Crippen LogP contribution in [0.1, 0.15) is 48.4 Å². The van der Waals surface area contributed by atoms with Crippen LogP contribution in [-0.2, 0) is 11.3 Å². The third kappa shape index (κ3) is 4.41. The third-order valence-corrected chi connectivity index (χ3v) is 6.06. The first-order valence-corrected chi connectivity index (χ1v) is 11.1. The molecule has 0 aliphatic carbocycles. The highest BCUT2D eigenvalue weighted by Gasteiger charge is 2.23. The Morgan fingerprint density at radius 2 is 1.77 bits per heavy atom. The molecular weight excluding hydrogens is 444 g/mol. The number of imidazole rings is 1. The second-order valence-corrected chi connectivity index (χ2v) is 8.60. The highest BCUT2D eigenvalue weighted by atomic mass is 79.9. The van der Waals surface area contributed by atoms with Crippen molar-refractivity contribution in [2.45, 2.75) is 38.8 Å². The maximum Gasteiger partial charge on any atom is 0.251 e. The number of benzene rings is 2. The van der Waals surface area contributed by atoms with Crippen LogP contribution in [0.3, 0.4) is 0 Å². The van der Waals surface area contributed by atoms with Gasteiger partial charge in [0.2, 0.25) is 5.91 Å². The average Bonchev–Trinajstić information content (AvgIpc) is 3.13. The summed E-state index contributed by atoms with van der Waals surface area (Å²) in [4.78, 5) is 32.3. The number of para-hydroxylation sites is 2. The van der Waals surface area contributed by atoms with E-state index in [1.807, 2.05) is 52.8 Å². The number of nitrogens with zero attached hydrogens (tertiary/aromatic N) is 3. The number of piperidine rings is 1. The Kier molecular flexibility index (Phi) is 6.18. The zero-order chi connectivity index (χ0) is 21.1. The SMILES string of the molecule is CC(NC(=O)c1ccc(Br)cc1)c1nc2ccccc2n1CC(=O)N1CCCCC1. The van der Waals surface area contributed by atoms with Crippen molar-refractivity contribution in [3.05, 3.63) is 64.4 Å². The Morgan fingerprint density at radius 3 is 2.50 bits per heavy atom. The minimum atomic E-state index is -0.345. The van der Waals surface area contributed by atoms with Gasteiger partial charge in [-0.15, -0.1) is 0 Å². The zero-order valence-corrected chi connectivity index (χ0v) is 18.6. The first-order valence-electron chi connectivity index (χ1n) is 10.3. The molecule has 0 spiro atoms. The van der Waals surface area contributed by atoms with Crippen LogP contribution in [0.2, 0.25) is 0 Å². The number of nitrogens with one attached hydrogen (secondary N) is 1. The van der Waals surface area contributed by atoms with Gasteiger partial charge in [-0.05, 0) is 62.6 Å². The molecule has 30 heavy (non-hydrogen) atoms. The predicted molar refractivity (Wildman–Crippen MR) is 120 cm³/mol. The molecule has 2 aromatic carbocycles. The van der Waals surface area contributed by atoms with E-state index in [0.717, 1.165) is 41.4 Å². The van der Waals surface area contributed by atoms with Crippen molar-refractivity contribution in [2.75, 3.05) is 13.1 Å². The molecule has 0 bridgehead atoms. The number of carbonyl (C=O) groups is 2. The number of aromatic nitrogens is 2. The van der Waals surface area contributed by atoms with E-state index < -0.39 is 0 Å². The lowest BCUT2D eigenvalue weighted by Crippen LogP contribution is -2.38. The lowest BCUT2D eigenvalue weighted by Gasteiger charge is -2.27. The highest BCUT2D eigenvalue weighted by molar-refractivity contribution is 9.10. The first kappa shape index (κ1) is 20.6. The lowest BCUT2D eigenvalue weighted by atomic mass is 10.1. The number of rotatable bonds is 5. The van der Waals surface area contributed by atoms with Gasteiger partial charge in [0.1, 0.15) is 12.4 Å². The van der Waals surface area contributed by atoms with Gasteiger partial charge in [-0.2, -0.15) is 0 Å². The molecule has 6 nitrogen and oxygen atoms in total. The number of carbonyl (C=O) groups excluding carboxylic acids is 2. The average molecular weight is 469 g/mol. The number of hydrogen-bond acceptors (Lipinski definition) is 3. The van der Waals surface area contributed by atoms with Crippen molar-refractivity contribution in [3.63, 3.8) is 0 Å². The van der Waals surface area contributed by atoms with Gasteiger partial charge < -0.3 is 14.8 Å².